The topological polar surface area (TPSA) is 12.5 Å². The zero-order valence-corrected chi connectivity index (χ0v) is 12.3. The summed E-state index contributed by atoms with van der Waals surface area (Å²) in [5.41, 5.74) is 1.48. The van der Waals surface area contributed by atoms with E-state index in [-0.39, 0.29) is 5.54 Å². The molecule has 1 fully saturated rings. The van der Waals surface area contributed by atoms with E-state index in [1.54, 1.807) is 0 Å². The van der Waals surface area contributed by atoms with E-state index in [1.165, 1.54) is 5.56 Å². The maximum absolute atomic E-state index is 5.73. The summed E-state index contributed by atoms with van der Waals surface area (Å²) in [6, 6.07) is 8.57. The molecule has 1 aliphatic rings. The van der Waals surface area contributed by atoms with Crippen LogP contribution in [0.4, 0.5) is 0 Å². The molecule has 94 valence electrons. The van der Waals surface area contributed by atoms with Gasteiger partial charge in [0.2, 0.25) is 0 Å². The van der Waals surface area contributed by atoms with E-state index in [1.807, 2.05) is 0 Å². The monoisotopic (exact) mass is 297 g/mol. The van der Waals surface area contributed by atoms with Crippen LogP contribution in [0.2, 0.25) is 0 Å². The number of benzene rings is 1. The van der Waals surface area contributed by atoms with Gasteiger partial charge in [0.1, 0.15) is 0 Å². The van der Waals surface area contributed by atoms with Crippen molar-refractivity contribution in [2.75, 3.05) is 13.2 Å². The standard InChI is InChI=1S/C14H20BrNO/c1-11-8-16(14(2,3)10-17-11)9-12-4-6-13(15)7-5-12/h4-7,11H,8-10H2,1-3H3. The normalized spacial score (nSPS) is 24.8. The quantitative estimate of drug-likeness (QED) is 0.829. The Morgan fingerprint density at radius 3 is 2.65 bits per heavy atom. The van der Waals surface area contributed by atoms with Crippen molar-refractivity contribution in [3.8, 4) is 0 Å². The average Bonchev–Trinajstić information content (AvgIpc) is 2.27. The smallest absolute Gasteiger partial charge is 0.0675 e. The zero-order valence-electron chi connectivity index (χ0n) is 10.7. The Morgan fingerprint density at radius 1 is 1.35 bits per heavy atom. The van der Waals surface area contributed by atoms with Crippen LogP contribution in [-0.4, -0.2) is 29.7 Å². The summed E-state index contributed by atoms with van der Waals surface area (Å²) in [5.74, 6) is 0. The van der Waals surface area contributed by atoms with Crippen LogP contribution in [0.25, 0.3) is 0 Å². The fourth-order valence-corrected chi connectivity index (χ4v) is 2.40. The van der Waals surface area contributed by atoms with Crippen LogP contribution in [0, 0.1) is 0 Å². The van der Waals surface area contributed by atoms with Crippen LogP contribution in [-0.2, 0) is 11.3 Å². The van der Waals surface area contributed by atoms with Gasteiger partial charge in [-0.1, -0.05) is 28.1 Å². The average molecular weight is 298 g/mol. The van der Waals surface area contributed by atoms with Gasteiger partial charge in [0, 0.05) is 23.1 Å². The predicted octanol–water partition coefficient (Wildman–Crippen LogP) is 3.45. The molecule has 0 amide bonds. The molecule has 0 N–H and O–H groups in total. The van der Waals surface area contributed by atoms with Crippen LogP contribution in [0.3, 0.4) is 0 Å². The first kappa shape index (κ1) is 13.1. The van der Waals surface area contributed by atoms with Crippen molar-refractivity contribution < 1.29 is 4.74 Å². The number of halogens is 1. The van der Waals surface area contributed by atoms with E-state index in [0.717, 1.165) is 24.2 Å². The van der Waals surface area contributed by atoms with Crippen LogP contribution in [0.5, 0.6) is 0 Å². The van der Waals surface area contributed by atoms with Crippen LogP contribution in [0.15, 0.2) is 28.7 Å². The maximum Gasteiger partial charge on any atom is 0.0675 e. The number of nitrogens with zero attached hydrogens (tertiary/aromatic N) is 1. The highest BCUT2D eigenvalue weighted by Crippen LogP contribution is 2.24. The highest BCUT2D eigenvalue weighted by molar-refractivity contribution is 9.10. The maximum atomic E-state index is 5.73. The fourth-order valence-electron chi connectivity index (χ4n) is 2.14. The van der Waals surface area contributed by atoms with Gasteiger partial charge in [0.15, 0.2) is 0 Å². The largest absolute Gasteiger partial charge is 0.375 e. The second-order valence-corrected chi connectivity index (χ2v) is 6.36. The first-order chi connectivity index (χ1) is 7.97. The second-order valence-electron chi connectivity index (χ2n) is 5.44. The molecule has 0 bridgehead atoms. The van der Waals surface area contributed by atoms with Crippen molar-refractivity contribution in [2.24, 2.45) is 0 Å². The van der Waals surface area contributed by atoms with Crippen molar-refractivity contribution in [2.45, 2.75) is 39.0 Å². The van der Waals surface area contributed by atoms with E-state index in [9.17, 15) is 0 Å². The molecule has 1 heterocycles. The Hall–Kier alpha value is -0.380. The Bertz CT molecular complexity index is 374. The van der Waals surface area contributed by atoms with Crippen molar-refractivity contribution in [3.05, 3.63) is 34.3 Å². The number of morpholine rings is 1. The molecule has 1 aliphatic heterocycles. The molecular formula is C14H20BrNO. The molecule has 0 aliphatic carbocycles. The molecule has 0 aromatic heterocycles. The SMILES string of the molecule is CC1CN(Cc2ccc(Br)cc2)C(C)(C)CO1. The second kappa shape index (κ2) is 5.09. The van der Waals surface area contributed by atoms with Gasteiger partial charge < -0.3 is 4.74 Å². The summed E-state index contributed by atoms with van der Waals surface area (Å²) in [6.45, 7) is 9.45. The number of ether oxygens (including phenoxy) is 1. The van der Waals surface area contributed by atoms with Gasteiger partial charge in [0.25, 0.3) is 0 Å². The van der Waals surface area contributed by atoms with Crippen LogP contribution in [0.1, 0.15) is 26.3 Å². The minimum absolute atomic E-state index is 0.125. The molecule has 1 aromatic carbocycles. The third-order valence-electron chi connectivity index (χ3n) is 3.34. The lowest BCUT2D eigenvalue weighted by Gasteiger charge is -2.44. The van der Waals surface area contributed by atoms with Crippen molar-refractivity contribution in [1.82, 2.24) is 4.90 Å². The van der Waals surface area contributed by atoms with Gasteiger partial charge in [0.05, 0.1) is 12.7 Å². The minimum atomic E-state index is 0.125. The zero-order chi connectivity index (χ0) is 12.5. The van der Waals surface area contributed by atoms with Gasteiger partial charge in [-0.3, -0.25) is 4.90 Å². The van der Waals surface area contributed by atoms with Gasteiger partial charge in [-0.25, -0.2) is 0 Å². The highest BCUT2D eigenvalue weighted by atomic mass is 79.9. The fraction of sp³-hybridized carbons (Fsp3) is 0.571. The molecule has 1 atom stereocenters. The minimum Gasteiger partial charge on any atom is -0.375 e. The van der Waals surface area contributed by atoms with Crippen LogP contribution < -0.4 is 0 Å². The Labute approximate surface area is 112 Å². The first-order valence-electron chi connectivity index (χ1n) is 6.08. The third-order valence-corrected chi connectivity index (χ3v) is 3.87. The van der Waals surface area contributed by atoms with Gasteiger partial charge >= 0.3 is 0 Å². The van der Waals surface area contributed by atoms with Crippen LogP contribution >= 0.6 is 15.9 Å². The molecule has 1 saturated heterocycles. The molecule has 2 rings (SSSR count). The third kappa shape index (κ3) is 3.30. The van der Waals surface area contributed by atoms with Gasteiger partial charge in [-0.05, 0) is 38.5 Å². The number of rotatable bonds is 2. The molecule has 1 unspecified atom stereocenters. The van der Waals surface area contributed by atoms with Crippen molar-refractivity contribution >= 4 is 15.9 Å². The Morgan fingerprint density at radius 2 is 2.00 bits per heavy atom. The summed E-state index contributed by atoms with van der Waals surface area (Å²) in [5, 5.41) is 0. The molecule has 0 saturated carbocycles. The van der Waals surface area contributed by atoms with E-state index in [2.05, 4.69) is 65.9 Å². The highest BCUT2D eigenvalue weighted by Gasteiger charge is 2.33. The van der Waals surface area contributed by atoms with Crippen molar-refractivity contribution in [1.29, 1.82) is 0 Å². The number of hydrogen-bond donors (Lipinski definition) is 0. The number of hydrogen-bond acceptors (Lipinski definition) is 2. The molecule has 17 heavy (non-hydrogen) atoms. The summed E-state index contributed by atoms with van der Waals surface area (Å²) in [4.78, 5) is 2.50. The first-order valence-corrected chi connectivity index (χ1v) is 6.88. The predicted molar refractivity (Wildman–Crippen MR) is 74.0 cm³/mol. The summed E-state index contributed by atoms with van der Waals surface area (Å²) in [6.07, 6.45) is 0.332. The molecule has 0 radical (unpaired) electrons. The molecule has 0 spiro atoms. The van der Waals surface area contributed by atoms with E-state index in [4.69, 9.17) is 4.74 Å². The van der Waals surface area contributed by atoms with Gasteiger partial charge in [-0.2, -0.15) is 0 Å². The van der Waals surface area contributed by atoms with E-state index >= 15 is 0 Å². The molecular weight excluding hydrogens is 278 g/mol. The van der Waals surface area contributed by atoms with Gasteiger partial charge in [-0.15, -0.1) is 0 Å². The summed E-state index contributed by atoms with van der Waals surface area (Å²) in [7, 11) is 0. The molecule has 3 heteroatoms. The molecule has 2 nitrogen and oxygen atoms in total. The lowest BCUT2D eigenvalue weighted by molar-refractivity contribution is -0.0949. The van der Waals surface area contributed by atoms with Crippen molar-refractivity contribution in [3.63, 3.8) is 0 Å². The van der Waals surface area contributed by atoms with E-state index < -0.39 is 0 Å². The summed E-state index contributed by atoms with van der Waals surface area (Å²) >= 11 is 3.47. The lowest BCUT2D eigenvalue weighted by atomic mass is 10.00. The molecule has 1 aromatic rings. The summed E-state index contributed by atoms with van der Waals surface area (Å²) < 4.78 is 6.87. The Balaban J connectivity index is 2.08. The van der Waals surface area contributed by atoms with E-state index in [0.29, 0.717) is 6.10 Å². The lowest BCUT2D eigenvalue weighted by Crippen LogP contribution is -2.54. The Kier molecular flexibility index (Phi) is 3.91.